The van der Waals surface area contributed by atoms with E-state index in [1.54, 1.807) is 0 Å². The molecule has 0 radical (unpaired) electrons. The number of amides is 3. The highest BCUT2D eigenvalue weighted by molar-refractivity contribution is 6.23. The second-order valence-electron chi connectivity index (χ2n) is 8.33. The molecule has 2 aliphatic rings. The number of nitro benzene ring substituents is 1. The average Bonchev–Trinajstić information content (AvgIpc) is 3.43. The summed E-state index contributed by atoms with van der Waals surface area (Å²) in [6, 6.07) is 10.1. The number of anilines is 1. The van der Waals surface area contributed by atoms with Crippen molar-refractivity contribution in [1.29, 1.82) is 0 Å². The van der Waals surface area contributed by atoms with E-state index in [1.807, 2.05) is 0 Å². The molecule has 1 saturated carbocycles. The number of nitro groups is 1. The number of rotatable bonds is 6. The van der Waals surface area contributed by atoms with Gasteiger partial charge in [0.2, 0.25) is 5.91 Å². The summed E-state index contributed by atoms with van der Waals surface area (Å²) in [7, 11) is 0. The van der Waals surface area contributed by atoms with Crippen LogP contribution >= 0.6 is 0 Å². The van der Waals surface area contributed by atoms with Crippen molar-refractivity contribution in [2.24, 2.45) is 0 Å². The van der Waals surface area contributed by atoms with Crippen LogP contribution in [0.5, 0.6) is 5.75 Å². The molecule has 1 aliphatic heterocycles. The average molecular weight is 465 g/mol. The third kappa shape index (κ3) is 4.52. The number of non-ortho nitro benzene ring substituents is 1. The van der Waals surface area contributed by atoms with Crippen LogP contribution in [0.4, 0.5) is 11.4 Å². The zero-order valence-corrected chi connectivity index (χ0v) is 18.5. The van der Waals surface area contributed by atoms with Gasteiger partial charge in [0.05, 0.1) is 17.0 Å². The molecule has 2 aromatic rings. The van der Waals surface area contributed by atoms with Gasteiger partial charge in [0.1, 0.15) is 11.8 Å². The summed E-state index contributed by atoms with van der Waals surface area (Å²) >= 11 is 0. The Balaban J connectivity index is 1.61. The van der Waals surface area contributed by atoms with E-state index < -0.39 is 34.7 Å². The molecule has 1 atom stereocenters. The standard InChI is InChI=1S/C24H23N3O7/c1-15(28)34-20-12-10-18(11-13-20)26-22(29)14-21(24(26)31)25(17-4-2-3-5-17)23(30)16-6-8-19(9-7-16)27(32)33/h6-13,17,21H,2-5,14H2,1H3. The van der Waals surface area contributed by atoms with E-state index in [4.69, 9.17) is 4.74 Å². The predicted octanol–water partition coefficient (Wildman–Crippen LogP) is 3.24. The third-order valence-electron chi connectivity index (χ3n) is 6.09. The van der Waals surface area contributed by atoms with E-state index in [-0.39, 0.29) is 29.5 Å². The fraction of sp³-hybridized carbons (Fsp3) is 0.333. The highest BCUT2D eigenvalue weighted by atomic mass is 16.6. The van der Waals surface area contributed by atoms with Crippen LogP contribution in [0.25, 0.3) is 0 Å². The summed E-state index contributed by atoms with van der Waals surface area (Å²) in [5.41, 5.74) is 0.406. The maximum atomic E-state index is 13.5. The number of imide groups is 1. The van der Waals surface area contributed by atoms with Gasteiger partial charge in [-0.1, -0.05) is 12.8 Å². The molecule has 0 N–H and O–H groups in total. The fourth-order valence-corrected chi connectivity index (χ4v) is 4.55. The van der Waals surface area contributed by atoms with E-state index in [0.717, 1.165) is 17.7 Å². The summed E-state index contributed by atoms with van der Waals surface area (Å²) in [4.78, 5) is 63.8. The summed E-state index contributed by atoms with van der Waals surface area (Å²) in [6.07, 6.45) is 3.09. The van der Waals surface area contributed by atoms with Crippen LogP contribution in [0.3, 0.4) is 0 Å². The van der Waals surface area contributed by atoms with Crippen molar-refractivity contribution in [2.75, 3.05) is 4.90 Å². The molecule has 10 nitrogen and oxygen atoms in total. The molecule has 0 aromatic heterocycles. The number of ether oxygens (including phenoxy) is 1. The Kier molecular flexibility index (Phi) is 6.40. The molecule has 176 valence electrons. The molecule has 1 unspecified atom stereocenters. The summed E-state index contributed by atoms with van der Waals surface area (Å²) in [5.74, 6) is -1.58. The molecule has 4 rings (SSSR count). The van der Waals surface area contributed by atoms with Crippen molar-refractivity contribution < 1.29 is 28.8 Å². The minimum atomic E-state index is -0.966. The lowest BCUT2D eigenvalue weighted by Gasteiger charge is -2.33. The first-order chi connectivity index (χ1) is 16.3. The van der Waals surface area contributed by atoms with E-state index in [1.165, 1.54) is 60.4 Å². The fourth-order valence-electron chi connectivity index (χ4n) is 4.55. The summed E-state index contributed by atoms with van der Waals surface area (Å²) in [5, 5.41) is 11.0. The number of carbonyl (C=O) groups is 4. The van der Waals surface area contributed by atoms with Gasteiger partial charge in [0.25, 0.3) is 17.5 Å². The van der Waals surface area contributed by atoms with Crippen LogP contribution in [0, 0.1) is 10.1 Å². The predicted molar refractivity (Wildman–Crippen MR) is 120 cm³/mol. The molecule has 3 amide bonds. The molecule has 0 spiro atoms. The van der Waals surface area contributed by atoms with Gasteiger partial charge in [-0.05, 0) is 49.2 Å². The van der Waals surface area contributed by atoms with Gasteiger partial charge in [-0.2, -0.15) is 0 Å². The molecule has 1 saturated heterocycles. The maximum absolute atomic E-state index is 13.5. The van der Waals surface area contributed by atoms with Gasteiger partial charge in [-0.25, -0.2) is 4.90 Å². The molecular formula is C24H23N3O7. The minimum absolute atomic E-state index is 0.139. The molecular weight excluding hydrogens is 442 g/mol. The number of nitrogens with zero attached hydrogens (tertiary/aromatic N) is 3. The Morgan fingerprint density at radius 2 is 1.65 bits per heavy atom. The number of hydrogen-bond donors (Lipinski definition) is 0. The lowest BCUT2D eigenvalue weighted by Crippen LogP contribution is -2.50. The lowest BCUT2D eigenvalue weighted by atomic mass is 10.1. The number of hydrogen-bond acceptors (Lipinski definition) is 7. The van der Waals surface area contributed by atoms with Gasteiger partial charge in [-0.15, -0.1) is 0 Å². The Hall–Kier alpha value is -4.08. The second kappa shape index (κ2) is 9.42. The Bertz CT molecular complexity index is 1140. The Morgan fingerprint density at radius 1 is 1.03 bits per heavy atom. The number of carbonyl (C=O) groups excluding carboxylic acids is 4. The molecule has 1 aliphatic carbocycles. The van der Waals surface area contributed by atoms with Crippen molar-refractivity contribution in [2.45, 2.75) is 51.1 Å². The SMILES string of the molecule is CC(=O)Oc1ccc(N2C(=O)CC(N(C(=O)c3ccc([N+](=O)[O-])cc3)C3CCCC3)C2=O)cc1. The lowest BCUT2D eigenvalue weighted by molar-refractivity contribution is -0.384. The highest BCUT2D eigenvalue weighted by Crippen LogP contribution is 2.33. The van der Waals surface area contributed by atoms with E-state index >= 15 is 0 Å². The van der Waals surface area contributed by atoms with Crippen molar-refractivity contribution in [3.05, 3.63) is 64.2 Å². The topological polar surface area (TPSA) is 127 Å². The normalized spacial score (nSPS) is 18.3. The molecule has 0 bridgehead atoms. The quantitative estimate of drug-likeness (QED) is 0.211. The second-order valence-corrected chi connectivity index (χ2v) is 8.33. The molecule has 1 heterocycles. The van der Waals surface area contributed by atoms with Gasteiger partial charge in [0, 0.05) is 30.7 Å². The van der Waals surface area contributed by atoms with Crippen LogP contribution in [0.1, 0.15) is 49.4 Å². The zero-order chi connectivity index (χ0) is 24.4. The van der Waals surface area contributed by atoms with Crippen molar-refractivity contribution in [1.82, 2.24) is 4.90 Å². The van der Waals surface area contributed by atoms with Gasteiger partial charge in [-0.3, -0.25) is 29.3 Å². The molecule has 2 fully saturated rings. The highest BCUT2D eigenvalue weighted by Gasteiger charge is 2.47. The smallest absolute Gasteiger partial charge is 0.308 e. The van der Waals surface area contributed by atoms with E-state index in [0.29, 0.717) is 18.5 Å². The van der Waals surface area contributed by atoms with Crippen molar-refractivity contribution in [3.63, 3.8) is 0 Å². The monoisotopic (exact) mass is 465 g/mol. The first-order valence-electron chi connectivity index (χ1n) is 11.0. The largest absolute Gasteiger partial charge is 0.427 e. The van der Waals surface area contributed by atoms with Crippen molar-refractivity contribution in [3.8, 4) is 5.75 Å². The van der Waals surface area contributed by atoms with Crippen LogP contribution < -0.4 is 9.64 Å². The number of esters is 1. The van der Waals surface area contributed by atoms with Gasteiger partial charge in [0.15, 0.2) is 0 Å². The first-order valence-corrected chi connectivity index (χ1v) is 11.0. The zero-order valence-electron chi connectivity index (χ0n) is 18.5. The van der Waals surface area contributed by atoms with E-state index in [9.17, 15) is 29.3 Å². The van der Waals surface area contributed by atoms with Gasteiger partial charge < -0.3 is 9.64 Å². The minimum Gasteiger partial charge on any atom is -0.427 e. The molecule has 34 heavy (non-hydrogen) atoms. The van der Waals surface area contributed by atoms with Crippen LogP contribution in [0.15, 0.2) is 48.5 Å². The first kappa shape index (κ1) is 23.1. The molecule has 2 aromatic carbocycles. The van der Waals surface area contributed by atoms with Crippen molar-refractivity contribution >= 4 is 35.1 Å². The van der Waals surface area contributed by atoms with Crippen LogP contribution in [-0.4, -0.2) is 45.6 Å². The Labute approximate surface area is 195 Å². The van der Waals surface area contributed by atoms with E-state index in [2.05, 4.69) is 0 Å². The summed E-state index contributed by atoms with van der Waals surface area (Å²) in [6.45, 7) is 1.27. The number of benzene rings is 2. The Morgan fingerprint density at radius 3 is 2.21 bits per heavy atom. The third-order valence-corrected chi connectivity index (χ3v) is 6.09. The maximum Gasteiger partial charge on any atom is 0.308 e. The summed E-state index contributed by atoms with van der Waals surface area (Å²) < 4.78 is 4.99. The van der Waals surface area contributed by atoms with Crippen LogP contribution in [0.2, 0.25) is 0 Å². The van der Waals surface area contributed by atoms with Crippen LogP contribution in [-0.2, 0) is 14.4 Å². The molecule has 10 heteroatoms. The van der Waals surface area contributed by atoms with Gasteiger partial charge >= 0.3 is 5.97 Å².